The van der Waals surface area contributed by atoms with Gasteiger partial charge in [0.15, 0.2) is 0 Å². The third kappa shape index (κ3) is 3.10. The number of hydrogen-bond donors (Lipinski definition) is 1. The Morgan fingerprint density at radius 2 is 2.05 bits per heavy atom. The lowest BCUT2D eigenvalue weighted by Crippen LogP contribution is -2.02. The summed E-state index contributed by atoms with van der Waals surface area (Å²) < 4.78 is 18.3. The summed E-state index contributed by atoms with van der Waals surface area (Å²) in [6, 6.07) is 11.2. The lowest BCUT2D eigenvalue weighted by Gasteiger charge is -2.10. The minimum atomic E-state index is -0.939. The molecule has 0 aliphatic heterocycles. The molecule has 0 saturated heterocycles. The van der Waals surface area contributed by atoms with Gasteiger partial charge in [-0.1, -0.05) is 18.2 Å². The standard InChI is InChI=1S/C15H13FO3/c1-19-13-5-6-14(11(8-13)9-15(17)18)10-3-2-4-12(16)7-10/h2-8H,9H2,1H3,(H,17,18). The van der Waals surface area contributed by atoms with Crippen molar-refractivity contribution < 1.29 is 19.0 Å². The van der Waals surface area contributed by atoms with Crippen LogP contribution < -0.4 is 4.74 Å². The van der Waals surface area contributed by atoms with Gasteiger partial charge in [0, 0.05) is 0 Å². The van der Waals surface area contributed by atoms with Crippen LogP contribution in [-0.4, -0.2) is 18.2 Å². The smallest absolute Gasteiger partial charge is 0.307 e. The van der Waals surface area contributed by atoms with Gasteiger partial charge < -0.3 is 9.84 Å². The Kier molecular flexibility index (Phi) is 3.80. The van der Waals surface area contributed by atoms with Crippen molar-refractivity contribution in [1.29, 1.82) is 0 Å². The zero-order valence-corrected chi connectivity index (χ0v) is 10.4. The molecule has 0 amide bonds. The molecule has 0 bridgehead atoms. The molecule has 98 valence electrons. The summed E-state index contributed by atoms with van der Waals surface area (Å²) in [5, 5.41) is 8.94. The average Bonchev–Trinajstić information content (AvgIpc) is 2.38. The fourth-order valence-corrected chi connectivity index (χ4v) is 1.94. The van der Waals surface area contributed by atoms with Crippen molar-refractivity contribution in [2.24, 2.45) is 0 Å². The average molecular weight is 260 g/mol. The third-order valence-electron chi connectivity index (χ3n) is 2.79. The van der Waals surface area contributed by atoms with Gasteiger partial charge in [0.25, 0.3) is 0 Å². The number of benzene rings is 2. The topological polar surface area (TPSA) is 46.5 Å². The highest BCUT2D eigenvalue weighted by molar-refractivity contribution is 5.77. The van der Waals surface area contributed by atoms with E-state index < -0.39 is 5.97 Å². The number of carbonyl (C=O) groups is 1. The van der Waals surface area contributed by atoms with Crippen molar-refractivity contribution in [3.05, 3.63) is 53.8 Å². The summed E-state index contributed by atoms with van der Waals surface area (Å²) in [4.78, 5) is 10.9. The molecule has 0 aliphatic carbocycles. The highest BCUT2D eigenvalue weighted by atomic mass is 19.1. The second kappa shape index (κ2) is 5.52. The molecular formula is C15H13FO3. The maximum absolute atomic E-state index is 13.3. The lowest BCUT2D eigenvalue weighted by atomic mass is 9.97. The maximum atomic E-state index is 13.3. The molecule has 2 aromatic rings. The van der Waals surface area contributed by atoms with Crippen LogP contribution in [0.1, 0.15) is 5.56 Å². The Bertz CT molecular complexity index is 608. The van der Waals surface area contributed by atoms with E-state index in [4.69, 9.17) is 9.84 Å². The van der Waals surface area contributed by atoms with E-state index in [1.807, 2.05) is 0 Å². The summed E-state index contributed by atoms with van der Waals surface area (Å²) in [5.74, 6) is -0.711. The first kappa shape index (κ1) is 13.1. The quantitative estimate of drug-likeness (QED) is 0.918. The van der Waals surface area contributed by atoms with Crippen molar-refractivity contribution >= 4 is 5.97 Å². The molecular weight excluding hydrogens is 247 g/mol. The van der Waals surface area contributed by atoms with Crippen molar-refractivity contribution in [3.8, 4) is 16.9 Å². The summed E-state index contributed by atoms with van der Waals surface area (Å²) in [5.41, 5.74) is 1.94. The zero-order valence-electron chi connectivity index (χ0n) is 10.4. The normalized spacial score (nSPS) is 10.2. The summed E-state index contributed by atoms with van der Waals surface area (Å²) >= 11 is 0. The van der Waals surface area contributed by atoms with Gasteiger partial charge in [0.1, 0.15) is 11.6 Å². The van der Waals surface area contributed by atoms with Crippen LogP contribution in [-0.2, 0) is 11.2 Å². The molecule has 0 spiro atoms. The fraction of sp³-hybridized carbons (Fsp3) is 0.133. The molecule has 0 fully saturated rings. The number of hydrogen-bond acceptors (Lipinski definition) is 2. The first-order chi connectivity index (χ1) is 9.10. The summed E-state index contributed by atoms with van der Waals surface area (Å²) in [6.45, 7) is 0. The summed E-state index contributed by atoms with van der Waals surface area (Å²) in [7, 11) is 1.52. The third-order valence-corrected chi connectivity index (χ3v) is 2.79. The molecule has 0 atom stereocenters. The monoisotopic (exact) mass is 260 g/mol. The van der Waals surface area contributed by atoms with Gasteiger partial charge in [-0.05, 0) is 41.0 Å². The molecule has 0 aromatic heterocycles. The van der Waals surface area contributed by atoms with Crippen molar-refractivity contribution in [3.63, 3.8) is 0 Å². The number of methoxy groups -OCH3 is 1. The molecule has 2 aromatic carbocycles. The number of rotatable bonds is 4. The van der Waals surface area contributed by atoms with Crippen LogP contribution in [0, 0.1) is 5.82 Å². The van der Waals surface area contributed by atoms with E-state index >= 15 is 0 Å². The molecule has 0 heterocycles. The highest BCUT2D eigenvalue weighted by Crippen LogP contribution is 2.28. The van der Waals surface area contributed by atoms with Gasteiger partial charge in [-0.2, -0.15) is 0 Å². The molecule has 0 saturated carbocycles. The van der Waals surface area contributed by atoms with E-state index in [1.165, 1.54) is 19.2 Å². The number of aliphatic carboxylic acids is 1. The molecule has 4 heteroatoms. The zero-order chi connectivity index (χ0) is 13.8. The van der Waals surface area contributed by atoms with Crippen LogP contribution in [0.25, 0.3) is 11.1 Å². The van der Waals surface area contributed by atoms with Crippen molar-refractivity contribution in [2.75, 3.05) is 7.11 Å². The van der Waals surface area contributed by atoms with Crippen LogP contribution in [0.4, 0.5) is 4.39 Å². The van der Waals surface area contributed by atoms with Gasteiger partial charge in [0.05, 0.1) is 13.5 Å². The van der Waals surface area contributed by atoms with E-state index in [-0.39, 0.29) is 12.2 Å². The molecule has 2 rings (SSSR count). The van der Waals surface area contributed by atoms with Gasteiger partial charge in [-0.3, -0.25) is 4.79 Å². The van der Waals surface area contributed by atoms with E-state index in [2.05, 4.69) is 0 Å². The van der Waals surface area contributed by atoms with E-state index in [0.717, 1.165) is 0 Å². The number of halogens is 1. The van der Waals surface area contributed by atoms with Gasteiger partial charge in [-0.15, -0.1) is 0 Å². The van der Waals surface area contributed by atoms with Crippen LogP contribution >= 0.6 is 0 Å². The predicted octanol–water partition coefficient (Wildman–Crippen LogP) is 3.13. The van der Waals surface area contributed by atoms with Crippen molar-refractivity contribution in [2.45, 2.75) is 6.42 Å². The SMILES string of the molecule is COc1ccc(-c2cccc(F)c2)c(CC(=O)O)c1. The van der Waals surface area contributed by atoms with Crippen LogP contribution in [0.15, 0.2) is 42.5 Å². The number of carboxylic acid groups (broad SMARTS) is 1. The Hall–Kier alpha value is -2.36. The van der Waals surface area contributed by atoms with Crippen LogP contribution in [0.5, 0.6) is 5.75 Å². The maximum Gasteiger partial charge on any atom is 0.307 e. The second-order valence-electron chi connectivity index (χ2n) is 4.10. The first-order valence-electron chi connectivity index (χ1n) is 5.75. The molecule has 0 unspecified atom stereocenters. The minimum absolute atomic E-state index is 0.136. The molecule has 0 aliphatic rings. The van der Waals surface area contributed by atoms with Crippen LogP contribution in [0.3, 0.4) is 0 Å². The molecule has 1 N–H and O–H groups in total. The number of ether oxygens (including phenoxy) is 1. The number of carboxylic acids is 1. The Morgan fingerprint density at radius 3 is 2.68 bits per heavy atom. The molecule has 0 radical (unpaired) electrons. The molecule has 3 nitrogen and oxygen atoms in total. The Labute approximate surface area is 110 Å². The lowest BCUT2D eigenvalue weighted by molar-refractivity contribution is -0.136. The van der Waals surface area contributed by atoms with E-state index in [1.54, 1.807) is 30.3 Å². The van der Waals surface area contributed by atoms with Crippen molar-refractivity contribution in [1.82, 2.24) is 0 Å². The first-order valence-corrected chi connectivity index (χ1v) is 5.75. The predicted molar refractivity (Wildman–Crippen MR) is 69.7 cm³/mol. The highest BCUT2D eigenvalue weighted by Gasteiger charge is 2.10. The van der Waals surface area contributed by atoms with Crippen LogP contribution in [0.2, 0.25) is 0 Å². The van der Waals surface area contributed by atoms with Gasteiger partial charge in [0.2, 0.25) is 0 Å². The minimum Gasteiger partial charge on any atom is -0.497 e. The Morgan fingerprint density at radius 1 is 1.26 bits per heavy atom. The van der Waals surface area contributed by atoms with E-state index in [9.17, 15) is 9.18 Å². The van der Waals surface area contributed by atoms with E-state index in [0.29, 0.717) is 22.4 Å². The fourth-order valence-electron chi connectivity index (χ4n) is 1.94. The van der Waals surface area contributed by atoms with Gasteiger partial charge >= 0.3 is 5.97 Å². The second-order valence-corrected chi connectivity index (χ2v) is 4.10. The summed E-state index contributed by atoms with van der Waals surface area (Å²) in [6.07, 6.45) is -0.136. The largest absolute Gasteiger partial charge is 0.497 e. The Balaban J connectivity index is 2.52. The molecule has 19 heavy (non-hydrogen) atoms. The van der Waals surface area contributed by atoms with Gasteiger partial charge in [-0.25, -0.2) is 4.39 Å².